The molecule has 0 radical (unpaired) electrons. The highest BCUT2D eigenvalue weighted by atomic mass is 19.4. The van der Waals surface area contributed by atoms with Crippen molar-refractivity contribution in [2.45, 2.75) is 26.1 Å². The number of anilines is 1. The summed E-state index contributed by atoms with van der Waals surface area (Å²) in [7, 11) is 1.46. The Morgan fingerprint density at radius 1 is 1.21 bits per heavy atom. The average Bonchev–Trinajstić information content (AvgIpc) is 2.66. The fraction of sp³-hybridized carbons (Fsp3) is 0.238. The first-order valence-corrected chi connectivity index (χ1v) is 8.59. The van der Waals surface area contributed by atoms with Crippen LogP contribution in [-0.4, -0.2) is 19.1 Å². The highest BCUT2D eigenvalue weighted by molar-refractivity contribution is 6.09. The van der Waals surface area contributed by atoms with E-state index in [1.54, 1.807) is 24.3 Å². The van der Waals surface area contributed by atoms with Crippen molar-refractivity contribution in [1.82, 2.24) is 0 Å². The van der Waals surface area contributed by atoms with Crippen molar-refractivity contribution in [2.75, 3.05) is 12.4 Å². The lowest BCUT2D eigenvalue weighted by Crippen LogP contribution is -2.14. The summed E-state index contributed by atoms with van der Waals surface area (Å²) in [5, 5.41) is 11.7. The molecule has 0 aliphatic carbocycles. The second kappa shape index (κ2) is 9.15. The maximum atomic E-state index is 12.8. The molecule has 0 saturated carbocycles. The Bertz CT molecular complexity index is 960. The van der Waals surface area contributed by atoms with Gasteiger partial charge in [0.05, 0.1) is 18.8 Å². The predicted octanol–water partition coefficient (Wildman–Crippen LogP) is 5.05. The number of rotatable bonds is 6. The lowest BCUT2D eigenvalue weighted by atomic mass is 10.1. The van der Waals surface area contributed by atoms with E-state index < -0.39 is 17.6 Å². The highest BCUT2D eigenvalue weighted by Gasteiger charge is 2.30. The van der Waals surface area contributed by atoms with Crippen molar-refractivity contribution in [2.24, 2.45) is 0 Å². The second-order valence-corrected chi connectivity index (χ2v) is 6.25. The number of carbonyl (C=O) groups excluding carboxylic acids is 1. The van der Waals surface area contributed by atoms with Crippen molar-refractivity contribution in [3.8, 4) is 17.6 Å². The zero-order chi connectivity index (χ0) is 21.6. The molecule has 2 aromatic carbocycles. The zero-order valence-corrected chi connectivity index (χ0v) is 16.0. The molecule has 0 fully saturated rings. The van der Waals surface area contributed by atoms with E-state index in [1.165, 1.54) is 25.3 Å². The molecule has 0 aromatic heterocycles. The molecule has 2 aromatic rings. The van der Waals surface area contributed by atoms with E-state index in [0.29, 0.717) is 17.1 Å². The minimum Gasteiger partial charge on any atom is -0.493 e. The predicted molar refractivity (Wildman–Crippen MR) is 102 cm³/mol. The van der Waals surface area contributed by atoms with E-state index in [1.807, 2.05) is 13.8 Å². The van der Waals surface area contributed by atoms with Crippen LogP contribution in [0.5, 0.6) is 11.5 Å². The summed E-state index contributed by atoms with van der Waals surface area (Å²) in [4.78, 5) is 12.4. The van der Waals surface area contributed by atoms with Crippen LogP contribution in [0.4, 0.5) is 18.9 Å². The number of ether oxygens (including phenoxy) is 2. The summed E-state index contributed by atoms with van der Waals surface area (Å²) in [6, 6.07) is 10.9. The molecule has 29 heavy (non-hydrogen) atoms. The molecule has 1 amide bonds. The normalized spacial score (nSPS) is 11.7. The van der Waals surface area contributed by atoms with Gasteiger partial charge in [-0.2, -0.15) is 18.4 Å². The SMILES string of the molecule is COc1cccc(/C=C(\C#N)C(=O)Nc2cccc(C(F)(F)F)c2)c1OC(C)C. The smallest absolute Gasteiger partial charge is 0.416 e. The molecule has 0 aliphatic heterocycles. The number of hydrogen-bond acceptors (Lipinski definition) is 4. The second-order valence-electron chi connectivity index (χ2n) is 6.25. The summed E-state index contributed by atoms with van der Waals surface area (Å²) in [6.07, 6.45) is -3.44. The number of hydrogen-bond donors (Lipinski definition) is 1. The maximum Gasteiger partial charge on any atom is 0.416 e. The molecule has 8 heteroatoms. The van der Waals surface area contributed by atoms with Crippen molar-refractivity contribution < 1.29 is 27.4 Å². The van der Waals surface area contributed by atoms with Crippen LogP contribution >= 0.6 is 0 Å². The Balaban J connectivity index is 2.36. The largest absolute Gasteiger partial charge is 0.493 e. The van der Waals surface area contributed by atoms with Crippen molar-refractivity contribution >= 4 is 17.7 Å². The van der Waals surface area contributed by atoms with Crippen molar-refractivity contribution in [3.05, 3.63) is 59.2 Å². The first kappa shape index (κ1) is 21.8. The van der Waals surface area contributed by atoms with Gasteiger partial charge in [-0.15, -0.1) is 0 Å². The van der Waals surface area contributed by atoms with Gasteiger partial charge < -0.3 is 14.8 Å². The number of methoxy groups -OCH3 is 1. The third-order valence-electron chi connectivity index (χ3n) is 3.70. The summed E-state index contributed by atoms with van der Waals surface area (Å²) < 4.78 is 49.5. The third-order valence-corrected chi connectivity index (χ3v) is 3.70. The molecule has 0 bridgehead atoms. The van der Waals surface area contributed by atoms with Crippen LogP contribution in [0.3, 0.4) is 0 Å². The molecule has 0 atom stereocenters. The van der Waals surface area contributed by atoms with Gasteiger partial charge in [0.25, 0.3) is 5.91 Å². The number of halogens is 3. The lowest BCUT2D eigenvalue weighted by Gasteiger charge is -2.16. The Kier molecular flexibility index (Phi) is 6.89. The van der Waals surface area contributed by atoms with Gasteiger partial charge in [0.2, 0.25) is 0 Å². The van der Waals surface area contributed by atoms with E-state index in [0.717, 1.165) is 12.1 Å². The molecule has 5 nitrogen and oxygen atoms in total. The average molecular weight is 404 g/mol. The van der Waals surface area contributed by atoms with Gasteiger partial charge >= 0.3 is 6.18 Å². The van der Waals surface area contributed by atoms with E-state index in [-0.39, 0.29) is 17.4 Å². The van der Waals surface area contributed by atoms with Crippen LogP contribution in [0.25, 0.3) is 6.08 Å². The summed E-state index contributed by atoms with van der Waals surface area (Å²) >= 11 is 0. The van der Waals surface area contributed by atoms with Gasteiger partial charge in [-0.1, -0.05) is 18.2 Å². The molecular weight excluding hydrogens is 385 g/mol. The van der Waals surface area contributed by atoms with E-state index in [4.69, 9.17) is 9.47 Å². The number of alkyl halides is 3. The molecule has 1 N–H and O–H groups in total. The maximum absolute atomic E-state index is 12.8. The van der Waals surface area contributed by atoms with Crippen molar-refractivity contribution in [3.63, 3.8) is 0 Å². The van der Waals surface area contributed by atoms with Gasteiger partial charge in [0, 0.05) is 11.3 Å². The fourth-order valence-electron chi connectivity index (χ4n) is 2.44. The van der Waals surface area contributed by atoms with Gasteiger partial charge in [-0.25, -0.2) is 0 Å². The molecule has 0 unspecified atom stereocenters. The standard InChI is InChI=1S/C21H19F3N2O3/c1-13(2)29-19-14(6-4-9-18(19)28-3)10-15(12-25)20(27)26-17-8-5-7-16(11-17)21(22,23)24/h4-11,13H,1-3H3,(H,26,27)/b15-10+. The summed E-state index contributed by atoms with van der Waals surface area (Å²) in [5.41, 5.74) is -0.855. The van der Waals surface area contributed by atoms with Crippen LogP contribution in [0.15, 0.2) is 48.0 Å². The number of carbonyl (C=O) groups is 1. The fourth-order valence-corrected chi connectivity index (χ4v) is 2.44. The number of benzene rings is 2. The number of para-hydroxylation sites is 1. The van der Waals surface area contributed by atoms with Gasteiger partial charge in [0.1, 0.15) is 11.6 Å². The minimum atomic E-state index is -4.54. The molecule has 0 heterocycles. The van der Waals surface area contributed by atoms with Crippen LogP contribution < -0.4 is 14.8 Å². The van der Waals surface area contributed by atoms with E-state index >= 15 is 0 Å². The van der Waals surface area contributed by atoms with E-state index in [9.17, 15) is 23.2 Å². The number of nitrogens with zero attached hydrogens (tertiary/aromatic N) is 1. The zero-order valence-electron chi connectivity index (χ0n) is 16.0. The summed E-state index contributed by atoms with van der Waals surface area (Å²) in [5.74, 6) is -0.0715. The number of amides is 1. The molecule has 0 aliphatic rings. The summed E-state index contributed by atoms with van der Waals surface area (Å²) in [6.45, 7) is 3.62. The van der Waals surface area contributed by atoms with Gasteiger partial charge in [0.15, 0.2) is 11.5 Å². The van der Waals surface area contributed by atoms with Crippen LogP contribution in [-0.2, 0) is 11.0 Å². The Labute approximate surface area is 166 Å². The molecule has 0 saturated heterocycles. The van der Waals surface area contributed by atoms with E-state index in [2.05, 4.69) is 5.32 Å². The Hall–Kier alpha value is -3.47. The third kappa shape index (κ3) is 5.75. The topological polar surface area (TPSA) is 71.3 Å². The molecular formula is C21H19F3N2O3. The van der Waals surface area contributed by atoms with Crippen molar-refractivity contribution in [1.29, 1.82) is 5.26 Å². The van der Waals surface area contributed by atoms with Gasteiger partial charge in [-0.3, -0.25) is 4.79 Å². The quantitative estimate of drug-likeness (QED) is 0.540. The first-order chi connectivity index (χ1) is 13.7. The Morgan fingerprint density at radius 2 is 1.90 bits per heavy atom. The number of nitrogens with one attached hydrogen (secondary N) is 1. The van der Waals surface area contributed by atoms with Crippen LogP contribution in [0, 0.1) is 11.3 Å². The number of nitriles is 1. The lowest BCUT2D eigenvalue weighted by molar-refractivity contribution is -0.137. The molecule has 0 spiro atoms. The molecule has 2 rings (SSSR count). The molecule has 152 valence electrons. The first-order valence-electron chi connectivity index (χ1n) is 8.59. The minimum absolute atomic E-state index is 0.0738. The van der Waals surface area contributed by atoms with Crippen LogP contribution in [0.1, 0.15) is 25.0 Å². The van der Waals surface area contributed by atoms with Crippen LogP contribution in [0.2, 0.25) is 0 Å². The monoisotopic (exact) mass is 404 g/mol. The van der Waals surface area contributed by atoms with Gasteiger partial charge in [-0.05, 0) is 44.2 Å². The highest BCUT2D eigenvalue weighted by Crippen LogP contribution is 2.34. The Morgan fingerprint density at radius 3 is 2.48 bits per heavy atom.